The van der Waals surface area contributed by atoms with E-state index in [0.717, 1.165) is 6.61 Å². The van der Waals surface area contributed by atoms with Crippen molar-refractivity contribution in [3.05, 3.63) is 24.3 Å². The van der Waals surface area contributed by atoms with E-state index in [4.69, 9.17) is 4.43 Å². The van der Waals surface area contributed by atoms with Crippen LogP contribution in [0.25, 0.3) is 0 Å². The number of allylic oxidation sites excluding steroid dienone is 2. The van der Waals surface area contributed by atoms with Crippen molar-refractivity contribution in [1.29, 1.82) is 0 Å². The minimum Gasteiger partial charge on any atom is -0.413 e. The van der Waals surface area contributed by atoms with E-state index in [1.807, 2.05) is 0 Å². The van der Waals surface area contributed by atoms with Crippen LogP contribution in [0.4, 0.5) is 0 Å². The van der Waals surface area contributed by atoms with E-state index in [1.54, 1.807) is 0 Å². The molecule has 98 valence electrons. The summed E-state index contributed by atoms with van der Waals surface area (Å²) < 4.78 is 6.30. The van der Waals surface area contributed by atoms with Gasteiger partial charge in [-0.2, -0.15) is 0 Å². The van der Waals surface area contributed by atoms with Gasteiger partial charge in [0.2, 0.25) is 0 Å². The van der Waals surface area contributed by atoms with E-state index in [-0.39, 0.29) is 0 Å². The molecule has 1 rings (SSSR count). The molecule has 0 aromatic rings. The molecule has 1 atom stereocenters. The highest BCUT2D eigenvalue weighted by atomic mass is 28.4. The summed E-state index contributed by atoms with van der Waals surface area (Å²) in [4.78, 5) is 0. The van der Waals surface area contributed by atoms with Gasteiger partial charge >= 0.3 is 0 Å². The Morgan fingerprint density at radius 3 is 2.41 bits per heavy atom. The summed E-state index contributed by atoms with van der Waals surface area (Å²) in [5.41, 5.74) is 1.29. The average Bonchev–Trinajstić information content (AvgIpc) is 2.41. The van der Waals surface area contributed by atoms with Gasteiger partial charge in [-0.3, -0.25) is 0 Å². The van der Waals surface area contributed by atoms with Gasteiger partial charge in [0.05, 0.1) is 6.61 Å². The van der Waals surface area contributed by atoms with Gasteiger partial charge in [0.15, 0.2) is 8.32 Å². The molecule has 0 amide bonds. The van der Waals surface area contributed by atoms with E-state index < -0.39 is 8.32 Å². The van der Waals surface area contributed by atoms with E-state index in [1.165, 1.54) is 43.0 Å². The standard InChI is InChI=1S/C15H28OSi/c1-5-17(6-2,7-3)16-13-14(4)15-11-9-8-10-12-15/h9,11,15H,4-8,10,12-13H2,1-3H3. The van der Waals surface area contributed by atoms with Crippen molar-refractivity contribution >= 4 is 8.32 Å². The summed E-state index contributed by atoms with van der Waals surface area (Å²) in [5.74, 6) is 0.570. The van der Waals surface area contributed by atoms with Gasteiger partial charge in [0.25, 0.3) is 0 Å². The zero-order valence-electron chi connectivity index (χ0n) is 11.8. The molecule has 0 aliphatic heterocycles. The molecule has 0 saturated heterocycles. The van der Waals surface area contributed by atoms with Crippen LogP contribution in [-0.2, 0) is 4.43 Å². The minimum absolute atomic E-state index is 0.570. The Hall–Kier alpha value is -0.343. The highest BCUT2D eigenvalue weighted by molar-refractivity contribution is 6.73. The second-order valence-corrected chi connectivity index (χ2v) is 9.93. The Balaban J connectivity index is 2.45. The fraction of sp³-hybridized carbons (Fsp3) is 0.733. The van der Waals surface area contributed by atoms with E-state index >= 15 is 0 Å². The maximum absolute atomic E-state index is 6.30. The van der Waals surface area contributed by atoms with Crippen molar-refractivity contribution in [3.8, 4) is 0 Å². The Morgan fingerprint density at radius 1 is 1.29 bits per heavy atom. The molecular weight excluding hydrogens is 224 g/mol. The fourth-order valence-corrected chi connectivity index (χ4v) is 5.17. The molecule has 1 unspecified atom stereocenters. The van der Waals surface area contributed by atoms with Crippen LogP contribution in [0.15, 0.2) is 24.3 Å². The van der Waals surface area contributed by atoms with Crippen LogP contribution in [0.5, 0.6) is 0 Å². The van der Waals surface area contributed by atoms with Gasteiger partial charge in [-0.1, -0.05) is 39.5 Å². The van der Waals surface area contributed by atoms with Crippen molar-refractivity contribution in [2.24, 2.45) is 5.92 Å². The van der Waals surface area contributed by atoms with Crippen LogP contribution >= 0.6 is 0 Å². The summed E-state index contributed by atoms with van der Waals surface area (Å²) in [5, 5.41) is 0. The van der Waals surface area contributed by atoms with Gasteiger partial charge in [0.1, 0.15) is 0 Å². The van der Waals surface area contributed by atoms with Crippen molar-refractivity contribution < 1.29 is 4.43 Å². The van der Waals surface area contributed by atoms with Gasteiger partial charge in [0, 0.05) is 0 Å². The number of hydrogen-bond acceptors (Lipinski definition) is 1. The molecule has 2 heteroatoms. The van der Waals surface area contributed by atoms with Crippen molar-refractivity contribution in [2.45, 2.75) is 58.2 Å². The summed E-state index contributed by atoms with van der Waals surface area (Å²) in [6, 6.07) is 3.69. The largest absolute Gasteiger partial charge is 0.413 e. The summed E-state index contributed by atoms with van der Waals surface area (Å²) in [6.45, 7) is 11.9. The Kier molecular flexibility index (Phi) is 6.21. The van der Waals surface area contributed by atoms with Crippen molar-refractivity contribution in [3.63, 3.8) is 0 Å². The summed E-state index contributed by atoms with van der Waals surface area (Å²) in [6.07, 6.45) is 8.42. The maximum atomic E-state index is 6.30. The zero-order valence-corrected chi connectivity index (χ0v) is 12.8. The SMILES string of the molecule is C=C(CO[Si](CC)(CC)CC)C1C=CCCC1. The molecule has 0 aromatic heterocycles. The van der Waals surface area contributed by atoms with Crippen LogP contribution in [0.2, 0.25) is 18.1 Å². The first-order chi connectivity index (χ1) is 8.17. The molecule has 0 heterocycles. The molecule has 0 N–H and O–H groups in total. The third-order valence-electron chi connectivity index (χ3n) is 4.28. The predicted octanol–water partition coefficient (Wildman–Crippen LogP) is 4.92. The molecule has 0 radical (unpaired) electrons. The van der Waals surface area contributed by atoms with Crippen LogP contribution in [-0.4, -0.2) is 14.9 Å². The average molecular weight is 252 g/mol. The molecule has 0 spiro atoms. The predicted molar refractivity (Wildman–Crippen MR) is 78.8 cm³/mol. The molecule has 0 fully saturated rings. The first-order valence-electron chi connectivity index (χ1n) is 7.15. The highest BCUT2D eigenvalue weighted by Gasteiger charge is 2.29. The summed E-state index contributed by atoms with van der Waals surface area (Å²) in [7, 11) is -1.43. The Labute approximate surface area is 108 Å². The Bertz CT molecular complexity index is 258. The molecule has 0 aromatic carbocycles. The van der Waals surface area contributed by atoms with Crippen LogP contribution in [0, 0.1) is 5.92 Å². The highest BCUT2D eigenvalue weighted by Crippen LogP contribution is 2.27. The van der Waals surface area contributed by atoms with Crippen LogP contribution in [0.3, 0.4) is 0 Å². The van der Waals surface area contributed by atoms with Gasteiger partial charge in [-0.15, -0.1) is 0 Å². The van der Waals surface area contributed by atoms with Gasteiger partial charge in [-0.25, -0.2) is 0 Å². The fourth-order valence-electron chi connectivity index (χ4n) is 2.56. The summed E-state index contributed by atoms with van der Waals surface area (Å²) >= 11 is 0. The first-order valence-corrected chi connectivity index (χ1v) is 9.68. The lowest BCUT2D eigenvalue weighted by atomic mass is 9.90. The third-order valence-corrected chi connectivity index (χ3v) is 8.90. The molecule has 0 bridgehead atoms. The third kappa shape index (κ3) is 4.11. The van der Waals surface area contributed by atoms with Crippen LogP contribution < -0.4 is 0 Å². The smallest absolute Gasteiger partial charge is 0.192 e. The lowest BCUT2D eigenvalue weighted by molar-refractivity contribution is 0.319. The van der Waals surface area contributed by atoms with E-state index in [9.17, 15) is 0 Å². The van der Waals surface area contributed by atoms with Crippen molar-refractivity contribution in [1.82, 2.24) is 0 Å². The van der Waals surface area contributed by atoms with Gasteiger partial charge in [-0.05, 0) is 48.9 Å². The monoisotopic (exact) mass is 252 g/mol. The van der Waals surface area contributed by atoms with Crippen molar-refractivity contribution in [2.75, 3.05) is 6.61 Å². The molecular formula is C15H28OSi. The lowest BCUT2D eigenvalue weighted by Gasteiger charge is -2.30. The second-order valence-electron chi connectivity index (χ2n) is 5.16. The first kappa shape index (κ1) is 14.7. The number of hydrogen-bond donors (Lipinski definition) is 0. The van der Waals surface area contributed by atoms with E-state index in [2.05, 4.69) is 39.5 Å². The zero-order chi connectivity index (χ0) is 12.7. The second kappa shape index (κ2) is 7.17. The normalized spacial score (nSPS) is 20.5. The van der Waals surface area contributed by atoms with Crippen LogP contribution in [0.1, 0.15) is 40.0 Å². The quantitative estimate of drug-likeness (QED) is 0.461. The molecule has 17 heavy (non-hydrogen) atoms. The Morgan fingerprint density at radius 2 is 1.94 bits per heavy atom. The number of rotatable bonds is 7. The minimum atomic E-state index is -1.43. The lowest BCUT2D eigenvalue weighted by Crippen LogP contribution is -2.36. The molecule has 1 aliphatic rings. The maximum Gasteiger partial charge on any atom is 0.192 e. The molecule has 1 nitrogen and oxygen atoms in total. The molecule has 1 aliphatic carbocycles. The topological polar surface area (TPSA) is 9.23 Å². The molecule has 0 saturated carbocycles. The van der Waals surface area contributed by atoms with Gasteiger partial charge < -0.3 is 4.43 Å². The van der Waals surface area contributed by atoms with E-state index in [0.29, 0.717) is 5.92 Å².